The van der Waals surface area contributed by atoms with E-state index in [2.05, 4.69) is 25.2 Å². The minimum absolute atomic E-state index is 0.0683. The number of hydrogen-bond acceptors (Lipinski definition) is 0. The van der Waals surface area contributed by atoms with Crippen molar-refractivity contribution in [3.63, 3.8) is 0 Å². The van der Waals surface area contributed by atoms with Crippen LogP contribution in [0.4, 0.5) is 0 Å². The van der Waals surface area contributed by atoms with E-state index < -0.39 is 0 Å². The standard InChI is InChI=1S/C5H10.2W/c1-5(2,3)4;;/h1H,2-4H3;;. The Balaban J connectivity index is 3.80. The van der Waals surface area contributed by atoms with Gasteiger partial charge in [-0.05, 0) is 0 Å². The first kappa shape index (κ1) is 8.25. The molecule has 0 aliphatic heterocycles. The van der Waals surface area contributed by atoms with Crippen LogP contribution >= 0.6 is 0 Å². The zero-order valence-electron chi connectivity index (χ0n) is 4.89. The van der Waals surface area contributed by atoms with Crippen LogP contribution in [0.15, 0.2) is 0 Å². The molecule has 0 aromatic rings. The molecule has 0 aliphatic rings. The van der Waals surface area contributed by atoms with Gasteiger partial charge in [-0.15, -0.1) is 0 Å². The van der Waals surface area contributed by atoms with Gasteiger partial charge in [-0.25, -0.2) is 0 Å². The summed E-state index contributed by atoms with van der Waals surface area (Å²) >= 11 is 1.89. The molecule has 0 atom stereocenters. The van der Waals surface area contributed by atoms with Crippen molar-refractivity contribution in [3.8, 4) is 0 Å². The molecule has 0 spiro atoms. The molecule has 0 saturated heterocycles. The predicted octanol–water partition coefficient (Wildman–Crippen LogP) is 1.38. The van der Waals surface area contributed by atoms with E-state index in [1.54, 1.807) is 0 Å². The van der Waals surface area contributed by atoms with Crippen LogP contribution in [0.2, 0.25) is 0 Å². The zero-order valence-corrected chi connectivity index (χ0v) is 10.8. The topological polar surface area (TPSA) is 0 Å². The molecule has 0 aromatic heterocycles. The second kappa shape index (κ2) is 3.31. The fourth-order valence-corrected chi connectivity index (χ4v) is 9.67. The summed E-state index contributed by atoms with van der Waals surface area (Å²) < 4.78 is 2.52. The van der Waals surface area contributed by atoms with Crippen LogP contribution in [-0.2, 0) is 30.7 Å². The van der Waals surface area contributed by atoms with Gasteiger partial charge in [0.05, 0.1) is 0 Å². The van der Waals surface area contributed by atoms with Gasteiger partial charge >= 0.3 is 61.3 Å². The first-order valence-corrected chi connectivity index (χ1v) is 14.9. The molecule has 7 heavy (non-hydrogen) atoms. The van der Waals surface area contributed by atoms with Crippen molar-refractivity contribution in [2.75, 3.05) is 0 Å². The first-order valence-electron chi connectivity index (χ1n) is 2.19. The van der Waals surface area contributed by atoms with Crippen molar-refractivity contribution < 1.29 is 30.7 Å². The molecule has 0 radical (unpaired) electrons. The molecule has 0 saturated carbocycles. The Hall–Kier alpha value is 1.25. The van der Waals surface area contributed by atoms with Crippen molar-refractivity contribution in [2.45, 2.75) is 20.8 Å². The Bertz CT molecular complexity index is 93.1. The van der Waals surface area contributed by atoms with Gasteiger partial charge < -0.3 is 0 Å². The van der Waals surface area contributed by atoms with Gasteiger partial charge in [0.2, 0.25) is 0 Å². The van der Waals surface area contributed by atoms with E-state index in [0.717, 1.165) is 0 Å². The maximum absolute atomic E-state index is 2.52. The van der Waals surface area contributed by atoms with Crippen LogP contribution in [-0.4, -0.2) is 4.40 Å². The molecule has 0 nitrogen and oxygen atoms in total. The van der Waals surface area contributed by atoms with Gasteiger partial charge in [-0.2, -0.15) is 0 Å². The van der Waals surface area contributed by atoms with Crippen LogP contribution in [0.1, 0.15) is 20.8 Å². The average molecular weight is 438 g/mol. The van der Waals surface area contributed by atoms with Gasteiger partial charge in [-0.3, -0.25) is 0 Å². The summed E-state index contributed by atoms with van der Waals surface area (Å²) in [6.07, 6.45) is 0. The molecule has 0 heterocycles. The first-order chi connectivity index (χ1) is 3.06. The van der Waals surface area contributed by atoms with Crippen molar-refractivity contribution in [2.24, 2.45) is 5.41 Å². The summed E-state index contributed by atoms with van der Waals surface area (Å²) in [5.74, 6) is 0. The Kier molecular flexibility index (Phi) is 3.90. The molecule has 0 unspecified atom stereocenters. The average Bonchev–Trinajstić information content (AvgIpc) is 1.30. The normalized spacial score (nSPS) is 10.7. The van der Waals surface area contributed by atoms with Crippen molar-refractivity contribution in [3.05, 3.63) is 0 Å². The van der Waals surface area contributed by atoms with Crippen molar-refractivity contribution in [1.82, 2.24) is 0 Å². The third-order valence-corrected chi connectivity index (χ3v) is 6.12. The Morgan fingerprint density at radius 3 is 1.86 bits per heavy atom. The second-order valence-electron chi connectivity index (χ2n) is 2.58. The fourth-order valence-electron chi connectivity index (χ4n) is 0.144. The summed E-state index contributed by atoms with van der Waals surface area (Å²) in [6.45, 7) is 6.82. The quantitative estimate of drug-likeness (QED) is 0.537. The molecule has 2 heteroatoms. The van der Waals surface area contributed by atoms with Gasteiger partial charge in [0, 0.05) is 0 Å². The van der Waals surface area contributed by atoms with Crippen LogP contribution in [0, 0.1) is 5.41 Å². The fraction of sp³-hybridized carbons (Fsp3) is 0.800. The molecule has 0 rings (SSSR count). The molecule has 0 aliphatic carbocycles. The molecule has 0 N–H and O–H groups in total. The monoisotopic (exact) mass is 438 g/mol. The van der Waals surface area contributed by atoms with E-state index in [1.165, 1.54) is 0 Å². The second-order valence-corrected chi connectivity index (χ2v) is 9.78. The molecule has 0 bridgehead atoms. The van der Waals surface area contributed by atoms with E-state index in [9.17, 15) is 0 Å². The number of hydrogen-bond donors (Lipinski definition) is 0. The number of rotatable bonds is 0. The molecule has 0 amide bonds. The van der Waals surface area contributed by atoms with Crippen LogP contribution in [0.3, 0.4) is 0 Å². The molecule has 42 valence electrons. The maximum atomic E-state index is 2.52. The summed E-state index contributed by atoms with van der Waals surface area (Å²) in [4.78, 5) is 0. The summed E-state index contributed by atoms with van der Waals surface area (Å²) in [5, 5.41) is 0. The van der Waals surface area contributed by atoms with Gasteiger partial charge in [0.1, 0.15) is 0 Å². The SMILES string of the molecule is CC(C)(C)[CH]=[W]=[W]. The van der Waals surface area contributed by atoms with E-state index in [1.807, 2.05) is 16.2 Å². The summed E-state index contributed by atoms with van der Waals surface area (Å²) in [5.41, 5.74) is 0.520. The molecular weight excluding hydrogens is 428 g/mol. The van der Waals surface area contributed by atoms with Crippen molar-refractivity contribution >= 4 is 4.40 Å². The molecule has 0 aromatic carbocycles. The van der Waals surface area contributed by atoms with Crippen LogP contribution in [0.25, 0.3) is 0 Å². The Morgan fingerprint density at radius 2 is 1.86 bits per heavy atom. The zero-order chi connectivity index (χ0) is 5.91. The summed E-state index contributed by atoms with van der Waals surface area (Å²) in [6, 6.07) is 0. The van der Waals surface area contributed by atoms with E-state index >= 15 is 0 Å². The van der Waals surface area contributed by atoms with E-state index in [4.69, 9.17) is 0 Å². The Morgan fingerprint density at radius 1 is 1.43 bits per heavy atom. The van der Waals surface area contributed by atoms with Gasteiger partial charge in [0.15, 0.2) is 0 Å². The van der Waals surface area contributed by atoms with E-state index in [-0.39, 0.29) is 14.5 Å². The van der Waals surface area contributed by atoms with Gasteiger partial charge in [0.25, 0.3) is 0 Å². The van der Waals surface area contributed by atoms with Gasteiger partial charge in [-0.1, -0.05) is 0 Å². The minimum atomic E-state index is 0.0683. The van der Waals surface area contributed by atoms with E-state index in [0.29, 0.717) is 5.41 Å². The third-order valence-electron chi connectivity index (χ3n) is 0.402. The summed E-state index contributed by atoms with van der Waals surface area (Å²) in [7, 11) is 0. The molecule has 0 fully saturated rings. The van der Waals surface area contributed by atoms with Crippen LogP contribution < -0.4 is 0 Å². The van der Waals surface area contributed by atoms with Crippen LogP contribution in [0.5, 0.6) is 0 Å². The molecular formula is C5H10W2. The predicted molar refractivity (Wildman–Crippen MR) is 25.5 cm³/mol. The third kappa shape index (κ3) is 7.25. The Labute approximate surface area is 61.1 Å². The van der Waals surface area contributed by atoms with Crippen molar-refractivity contribution in [1.29, 1.82) is 0 Å².